The fraction of sp³-hybridized carbons (Fsp3) is 0.176. The summed E-state index contributed by atoms with van der Waals surface area (Å²) in [7, 11) is 0. The van der Waals surface area contributed by atoms with Crippen molar-refractivity contribution in [3.63, 3.8) is 0 Å². The fourth-order valence-electron chi connectivity index (χ4n) is 1.97. The summed E-state index contributed by atoms with van der Waals surface area (Å²) in [5.41, 5.74) is 1.70. The summed E-state index contributed by atoms with van der Waals surface area (Å²) in [4.78, 5) is 21.5. The Balaban J connectivity index is 0.000000255. The van der Waals surface area contributed by atoms with E-state index < -0.39 is 11.9 Å². The third-order valence-corrected chi connectivity index (χ3v) is 3.21. The highest BCUT2D eigenvalue weighted by Gasteiger charge is 2.15. The summed E-state index contributed by atoms with van der Waals surface area (Å²) in [6.45, 7) is 3.75. The fourth-order valence-corrected chi connectivity index (χ4v) is 2.22. The molecule has 0 aromatic heterocycles. The number of hydrogen-bond donors (Lipinski definition) is 2. The Morgan fingerprint density at radius 1 is 1.00 bits per heavy atom. The molecule has 0 aliphatic rings. The molecule has 0 atom stereocenters. The van der Waals surface area contributed by atoms with Gasteiger partial charge in [0.05, 0.1) is 11.1 Å². The number of hydrogen-bond acceptors (Lipinski definition) is 2. The molecular weight excluding hydrogens is 304 g/mol. The molecule has 0 aliphatic carbocycles. The minimum absolute atomic E-state index is 0.0624. The second-order valence-electron chi connectivity index (χ2n) is 4.59. The predicted molar refractivity (Wildman–Crippen MR) is 85.9 cm³/mol. The molecule has 0 aliphatic heterocycles. The van der Waals surface area contributed by atoms with Crippen molar-refractivity contribution in [3.05, 3.63) is 69.7 Å². The van der Waals surface area contributed by atoms with Crippen LogP contribution in [-0.2, 0) is 6.42 Å². The first kappa shape index (κ1) is 17.7. The van der Waals surface area contributed by atoms with Gasteiger partial charge >= 0.3 is 11.9 Å². The first-order chi connectivity index (χ1) is 10.4. The minimum Gasteiger partial charge on any atom is -0.478 e. The number of aryl methyl sites for hydroxylation is 1. The van der Waals surface area contributed by atoms with Gasteiger partial charge in [0.1, 0.15) is 0 Å². The van der Waals surface area contributed by atoms with Gasteiger partial charge in [0.25, 0.3) is 0 Å². The highest BCUT2D eigenvalue weighted by Crippen LogP contribution is 2.15. The van der Waals surface area contributed by atoms with Crippen molar-refractivity contribution in [1.82, 2.24) is 0 Å². The first-order valence-electron chi connectivity index (χ1n) is 6.67. The molecule has 0 saturated heterocycles. The Labute approximate surface area is 134 Å². The molecule has 2 rings (SSSR count). The van der Waals surface area contributed by atoms with Crippen molar-refractivity contribution in [3.8, 4) is 0 Å². The average Bonchev–Trinajstić information content (AvgIpc) is 2.46. The van der Waals surface area contributed by atoms with Gasteiger partial charge in [0.2, 0.25) is 0 Å². The minimum atomic E-state index is -1.09. The third kappa shape index (κ3) is 4.90. The molecule has 0 unspecified atom stereocenters. The predicted octanol–water partition coefficient (Wildman–Crippen LogP) is 4.29. The lowest BCUT2D eigenvalue weighted by Crippen LogP contribution is -2.08. The molecule has 0 saturated carbocycles. The van der Waals surface area contributed by atoms with E-state index in [1.54, 1.807) is 6.92 Å². The van der Waals surface area contributed by atoms with Crippen molar-refractivity contribution in [1.29, 1.82) is 0 Å². The molecule has 0 spiro atoms. The Morgan fingerprint density at radius 2 is 1.50 bits per heavy atom. The zero-order chi connectivity index (χ0) is 16.7. The summed E-state index contributed by atoms with van der Waals surface area (Å²) in [6, 6.07) is 12.0. The molecule has 0 amide bonds. The Bertz CT molecular complexity index is 631. The number of carbonyl (C=O) groups is 2. The van der Waals surface area contributed by atoms with E-state index >= 15 is 0 Å². The van der Waals surface area contributed by atoms with Gasteiger partial charge in [-0.1, -0.05) is 36.7 Å². The molecule has 2 aromatic carbocycles. The zero-order valence-electron chi connectivity index (χ0n) is 12.3. The SMILES string of the molecule is CCc1c(C(=O)O)cccc1C(=O)O.Cc1cccc(Cl)c1. The zero-order valence-corrected chi connectivity index (χ0v) is 13.1. The van der Waals surface area contributed by atoms with Crippen LogP contribution in [0.5, 0.6) is 0 Å². The number of carboxylic acids is 2. The van der Waals surface area contributed by atoms with Crippen molar-refractivity contribution in [2.24, 2.45) is 0 Å². The molecule has 0 fully saturated rings. The molecule has 0 heterocycles. The summed E-state index contributed by atoms with van der Waals surface area (Å²) in [5, 5.41) is 18.4. The Morgan fingerprint density at radius 3 is 1.82 bits per heavy atom. The van der Waals surface area contributed by atoms with E-state index in [4.69, 9.17) is 21.8 Å². The second kappa shape index (κ2) is 8.20. The number of carboxylic acid groups (broad SMARTS) is 2. The summed E-state index contributed by atoms with van der Waals surface area (Å²) < 4.78 is 0. The van der Waals surface area contributed by atoms with Crippen LogP contribution in [0.15, 0.2) is 42.5 Å². The number of aromatic carboxylic acids is 2. The first-order valence-corrected chi connectivity index (χ1v) is 7.05. The monoisotopic (exact) mass is 320 g/mol. The van der Waals surface area contributed by atoms with Crippen LogP contribution in [-0.4, -0.2) is 22.2 Å². The van der Waals surface area contributed by atoms with Crippen LogP contribution < -0.4 is 0 Å². The standard InChI is InChI=1S/C10H10O4.C7H7Cl/c1-2-6-7(9(11)12)4-3-5-8(6)10(13)14;1-6-3-2-4-7(8)5-6/h3-5H,2H2,1H3,(H,11,12)(H,13,14);2-5H,1H3. The number of rotatable bonds is 3. The van der Waals surface area contributed by atoms with Gasteiger partial charge in [-0.25, -0.2) is 9.59 Å². The molecule has 0 bridgehead atoms. The van der Waals surface area contributed by atoms with Gasteiger partial charge in [-0.2, -0.15) is 0 Å². The molecule has 2 N–H and O–H groups in total. The van der Waals surface area contributed by atoms with Crippen molar-refractivity contribution >= 4 is 23.5 Å². The largest absolute Gasteiger partial charge is 0.478 e. The summed E-state index contributed by atoms with van der Waals surface area (Å²) >= 11 is 5.64. The topological polar surface area (TPSA) is 74.6 Å². The van der Waals surface area contributed by atoms with E-state index in [-0.39, 0.29) is 11.1 Å². The molecule has 5 heteroatoms. The summed E-state index contributed by atoms with van der Waals surface area (Å²) in [6.07, 6.45) is 0.393. The van der Waals surface area contributed by atoms with Crippen LogP contribution in [0.2, 0.25) is 5.02 Å². The number of benzene rings is 2. The number of halogens is 1. The highest BCUT2D eigenvalue weighted by molar-refractivity contribution is 6.30. The van der Waals surface area contributed by atoms with Gasteiger partial charge in [-0.05, 0) is 48.7 Å². The van der Waals surface area contributed by atoms with E-state index in [2.05, 4.69) is 0 Å². The molecule has 4 nitrogen and oxygen atoms in total. The summed E-state index contributed by atoms with van der Waals surface area (Å²) in [5.74, 6) is -2.19. The molecule has 0 radical (unpaired) electrons. The van der Waals surface area contributed by atoms with Crippen molar-refractivity contribution in [2.45, 2.75) is 20.3 Å². The maximum absolute atomic E-state index is 10.8. The maximum Gasteiger partial charge on any atom is 0.335 e. The molecule has 22 heavy (non-hydrogen) atoms. The van der Waals surface area contributed by atoms with Crippen molar-refractivity contribution < 1.29 is 19.8 Å². The lowest BCUT2D eigenvalue weighted by molar-refractivity contribution is 0.0695. The van der Waals surface area contributed by atoms with Crippen molar-refractivity contribution in [2.75, 3.05) is 0 Å². The lowest BCUT2D eigenvalue weighted by Gasteiger charge is -2.06. The normalized spacial score (nSPS) is 9.59. The lowest BCUT2D eigenvalue weighted by atomic mass is 9.99. The van der Waals surface area contributed by atoms with E-state index in [0.717, 1.165) is 5.02 Å². The highest BCUT2D eigenvalue weighted by atomic mass is 35.5. The van der Waals surface area contributed by atoms with Crippen LogP contribution in [0.4, 0.5) is 0 Å². The molecule has 2 aromatic rings. The van der Waals surface area contributed by atoms with Gasteiger partial charge < -0.3 is 10.2 Å². The quantitative estimate of drug-likeness (QED) is 0.884. The van der Waals surface area contributed by atoms with Crippen LogP contribution >= 0.6 is 11.6 Å². The Kier molecular flexibility index (Phi) is 6.60. The van der Waals surface area contributed by atoms with Gasteiger partial charge in [0, 0.05) is 5.02 Å². The van der Waals surface area contributed by atoms with E-state index in [0.29, 0.717) is 12.0 Å². The van der Waals surface area contributed by atoms with E-state index in [1.165, 1.54) is 23.8 Å². The van der Waals surface area contributed by atoms with E-state index in [9.17, 15) is 9.59 Å². The smallest absolute Gasteiger partial charge is 0.335 e. The van der Waals surface area contributed by atoms with Crippen LogP contribution in [0.3, 0.4) is 0 Å². The van der Waals surface area contributed by atoms with E-state index in [1.807, 2.05) is 31.2 Å². The van der Waals surface area contributed by atoms with Gasteiger partial charge in [-0.15, -0.1) is 0 Å². The average molecular weight is 321 g/mol. The van der Waals surface area contributed by atoms with Gasteiger partial charge in [-0.3, -0.25) is 0 Å². The van der Waals surface area contributed by atoms with Crippen LogP contribution in [0.25, 0.3) is 0 Å². The van der Waals surface area contributed by atoms with Crippen LogP contribution in [0.1, 0.15) is 38.8 Å². The molecular formula is C17H17ClO4. The Hall–Kier alpha value is -2.33. The molecule has 116 valence electrons. The van der Waals surface area contributed by atoms with Crippen LogP contribution in [0, 0.1) is 6.92 Å². The second-order valence-corrected chi connectivity index (χ2v) is 5.03. The van der Waals surface area contributed by atoms with Gasteiger partial charge in [0.15, 0.2) is 0 Å². The maximum atomic E-state index is 10.8. The third-order valence-electron chi connectivity index (χ3n) is 2.97.